The van der Waals surface area contributed by atoms with Gasteiger partial charge >= 0.3 is 0 Å². The normalized spacial score (nSPS) is 29.0. The van der Waals surface area contributed by atoms with Gasteiger partial charge in [0.2, 0.25) is 5.91 Å². The van der Waals surface area contributed by atoms with E-state index in [-0.39, 0.29) is 18.1 Å². The lowest BCUT2D eigenvalue weighted by Gasteiger charge is -2.29. The van der Waals surface area contributed by atoms with E-state index in [1.807, 2.05) is 6.92 Å². The summed E-state index contributed by atoms with van der Waals surface area (Å²) in [5.74, 6) is 0.477. The van der Waals surface area contributed by atoms with Crippen molar-refractivity contribution in [1.82, 2.24) is 10.4 Å². The molecule has 4 nitrogen and oxygen atoms in total. The van der Waals surface area contributed by atoms with Crippen LogP contribution in [0.3, 0.4) is 0 Å². The molecular formula is C9H18N2O2. The Morgan fingerprint density at radius 2 is 2.31 bits per heavy atom. The predicted molar refractivity (Wildman–Crippen MR) is 49.8 cm³/mol. The highest BCUT2D eigenvalue weighted by molar-refractivity contribution is 5.79. The van der Waals surface area contributed by atoms with Crippen LogP contribution >= 0.6 is 0 Å². The molecule has 1 fully saturated rings. The van der Waals surface area contributed by atoms with Gasteiger partial charge in [-0.3, -0.25) is 9.80 Å². The van der Waals surface area contributed by atoms with Gasteiger partial charge in [-0.15, -0.1) is 0 Å². The molecule has 1 atom stereocenters. The van der Waals surface area contributed by atoms with Crippen LogP contribution < -0.4 is 5.43 Å². The first-order valence-corrected chi connectivity index (χ1v) is 4.68. The molecule has 4 heteroatoms. The summed E-state index contributed by atoms with van der Waals surface area (Å²) in [6, 6.07) is 0. The number of rotatable bonds is 3. The summed E-state index contributed by atoms with van der Waals surface area (Å²) in [6.07, 6.45) is 0.519. The summed E-state index contributed by atoms with van der Waals surface area (Å²) in [5.41, 5.74) is 2.99. The van der Waals surface area contributed by atoms with Crippen molar-refractivity contribution in [2.75, 3.05) is 13.2 Å². The third-order valence-electron chi connectivity index (χ3n) is 2.81. The molecule has 76 valence electrons. The largest absolute Gasteiger partial charge is 0.394 e. The highest BCUT2D eigenvalue weighted by Gasteiger charge is 2.40. The van der Waals surface area contributed by atoms with Crippen LogP contribution in [0.25, 0.3) is 0 Å². The van der Waals surface area contributed by atoms with Crippen LogP contribution in [-0.4, -0.2) is 34.7 Å². The maximum Gasteiger partial charge on any atom is 0.238 e. The van der Waals surface area contributed by atoms with E-state index < -0.39 is 0 Å². The van der Waals surface area contributed by atoms with Gasteiger partial charge in [-0.2, -0.15) is 0 Å². The Morgan fingerprint density at radius 1 is 1.69 bits per heavy atom. The molecule has 1 unspecified atom stereocenters. The minimum absolute atomic E-state index is 0.00686. The van der Waals surface area contributed by atoms with E-state index in [0.717, 1.165) is 0 Å². The van der Waals surface area contributed by atoms with Crippen LogP contribution in [0, 0.1) is 5.92 Å². The second-order valence-corrected chi connectivity index (χ2v) is 4.13. The SMILES string of the molecule is CC(C)C1(C)CC(=O)N(CCO)N1. The van der Waals surface area contributed by atoms with Gasteiger partial charge in [0.05, 0.1) is 13.2 Å². The van der Waals surface area contributed by atoms with Gasteiger partial charge in [0, 0.05) is 12.0 Å². The number of hydrogen-bond donors (Lipinski definition) is 2. The molecule has 1 heterocycles. The number of carbonyl (C=O) groups is 1. The Kier molecular flexibility index (Phi) is 2.93. The molecule has 13 heavy (non-hydrogen) atoms. The number of nitrogens with zero attached hydrogens (tertiary/aromatic N) is 1. The molecule has 0 radical (unpaired) electrons. The molecule has 2 N–H and O–H groups in total. The number of β-amino-alcohol motifs (C(OH)–C–C–N with tert-alkyl or cyclic N) is 1. The number of hydrogen-bond acceptors (Lipinski definition) is 3. The van der Waals surface area contributed by atoms with Crippen molar-refractivity contribution in [1.29, 1.82) is 0 Å². The number of carbonyl (C=O) groups excluding carboxylic acids is 1. The van der Waals surface area contributed by atoms with Crippen LogP contribution in [0.4, 0.5) is 0 Å². The summed E-state index contributed by atoms with van der Waals surface area (Å²) in [7, 11) is 0. The molecule has 1 amide bonds. The van der Waals surface area contributed by atoms with E-state index in [9.17, 15) is 4.79 Å². The number of amides is 1. The molecule has 1 aliphatic heterocycles. The number of aliphatic hydroxyl groups is 1. The Morgan fingerprint density at radius 3 is 2.69 bits per heavy atom. The molecule has 0 aromatic carbocycles. The Balaban J connectivity index is 2.63. The standard InChI is InChI=1S/C9H18N2O2/c1-7(2)9(3)6-8(13)11(10-9)4-5-12/h7,10,12H,4-6H2,1-3H3. The molecule has 0 spiro atoms. The summed E-state index contributed by atoms with van der Waals surface area (Å²) in [6.45, 7) is 6.59. The minimum atomic E-state index is -0.147. The second kappa shape index (κ2) is 3.64. The first-order chi connectivity index (χ1) is 5.99. The Bertz CT molecular complexity index is 206. The van der Waals surface area contributed by atoms with E-state index in [4.69, 9.17) is 5.11 Å². The topological polar surface area (TPSA) is 52.6 Å². The Labute approximate surface area is 78.9 Å². The fourth-order valence-electron chi connectivity index (χ4n) is 1.43. The number of hydrazine groups is 1. The predicted octanol–water partition coefficient (Wildman–Crippen LogP) is 0.130. The zero-order valence-electron chi connectivity index (χ0n) is 8.50. The molecule has 1 rings (SSSR count). The van der Waals surface area contributed by atoms with E-state index in [1.54, 1.807) is 0 Å². The lowest BCUT2D eigenvalue weighted by Crippen LogP contribution is -2.48. The van der Waals surface area contributed by atoms with Crippen molar-refractivity contribution in [3.63, 3.8) is 0 Å². The third-order valence-corrected chi connectivity index (χ3v) is 2.81. The molecule has 0 aromatic heterocycles. The average molecular weight is 186 g/mol. The molecule has 1 aliphatic rings. The fraction of sp³-hybridized carbons (Fsp3) is 0.889. The third kappa shape index (κ3) is 2.00. The monoisotopic (exact) mass is 186 g/mol. The smallest absolute Gasteiger partial charge is 0.238 e. The van der Waals surface area contributed by atoms with Crippen molar-refractivity contribution in [3.8, 4) is 0 Å². The van der Waals surface area contributed by atoms with Crippen molar-refractivity contribution in [3.05, 3.63) is 0 Å². The van der Waals surface area contributed by atoms with E-state index in [1.165, 1.54) is 5.01 Å². The summed E-state index contributed by atoms with van der Waals surface area (Å²) < 4.78 is 0. The van der Waals surface area contributed by atoms with Crippen LogP contribution in [0.2, 0.25) is 0 Å². The van der Waals surface area contributed by atoms with Gasteiger partial charge in [-0.25, -0.2) is 5.43 Å². The van der Waals surface area contributed by atoms with Crippen LogP contribution in [0.15, 0.2) is 0 Å². The number of nitrogens with one attached hydrogen (secondary N) is 1. The molecule has 0 saturated carbocycles. The van der Waals surface area contributed by atoms with E-state index in [2.05, 4.69) is 19.3 Å². The van der Waals surface area contributed by atoms with E-state index in [0.29, 0.717) is 18.9 Å². The lowest BCUT2D eigenvalue weighted by atomic mass is 9.87. The minimum Gasteiger partial charge on any atom is -0.394 e. The van der Waals surface area contributed by atoms with E-state index >= 15 is 0 Å². The van der Waals surface area contributed by atoms with Crippen molar-refractivity contribution in [2.45, 2.75) is 32.7 Å². The van der Waals surface area contributed by atoms with Gasteiger partial charge in [0.1, 0.15) is 0 Å². The van der Waals surface area contributed by atoms with Gasteiger partial charge in [-0.05, 0) is 12.8 Å². The highest BCUT2D eigenvalue weighted by atomic mass is 16.3. The fourth-order valence-corrected chi connectivity index (χ4v) is 1.43. The maximum atomic E-state index is 11.4. The highest BCUT2D eigenvalue weighted by Crippen LogP contribution is 2.26. The van der Waals surface area contributed by atoms with Gasteiger partial charge in [-0.1, -0.05) is 13.8 Å². The van der Waals surface area contributed by atoms with Gasteiger partial charge < -0.3 is 5.11 Å². The first kappa shape index (κ1) is 10.5. The zero-order chi connectivity index (χ0) is 10.1. The molecule has 0 aromatic rings. The summed E-state index contributed by atoms with van der Waals surface area (Å²) in [5, 5.41) is 10.2. The van der Waals surface area contributed by atoms with Gasteiger partial charge in [0.15, 0.2) is 0 Å². The number of aliphatic hydroxyl groups excluding tert-OH is 1. The quantitative estimate of drug-likeness (QED) is 0.658. The summed E-state index contributed by atoms with van der Waals surface area (Å²) >= 11 is 0. The Hall–Kier alpha value is -0.610. The lowest BCUT2D eigenvalue weighted by molar-refractivity contribution is -0.130. The second-order valence-electron chi connectivity index (χ2n) is 4.13. The van der Waals surface area contributed by atoms with Crippen molar-refractivity contribution >= 4 is 5.91 Å². The van der Waals surface area contributed by atoms with Crippen LogP contribution in [0.5, 0.6) is 0 Å². The van der Waals surface area contributed by atoms with Crippen LogP contribution in [0.1, 0.15) is 27.2 Å². The molecular weight excluding hydrogens is 168 g/mol. The van der Waals surface area contributed by atoms with Crippen molar-refractivity contribution < 1.29 is 9.90 Å². The average Bonchev–Trinajstić information content (AvgIpc) is 2.29. The van der Waals surface area contributed by atoms with Gasteiger partial charge in [0.25, 0.3) is 0 Å². The summed E-state index contributed by atoms with van der Waals surface area (Å²) in [4.78, 5) is 11.4. The van der Waals surface area contributed by atoms with Crippen LogP contribution in [-0.2, 0) is 4.79 Å². The molecule has 1 saturated heterocycles. The molecule has 0 bridgehead atoms. The molecule has 0 aliphatic carbocycles. The maximum absolute atomic E-state index is 11.4. The van der Waals surface area contributed by atoms with Crippen molar-refractivity contribution in [2.24, 2.45) is 5.92 Å². The zero-order valence-corrected chi connectivity index (χ0v) is 8.50. The first-order valence-electron chi connectivity index (χ1n) is 4.68.